The molecule has 1 aliphatic rings. The van der Waals surface area contributed by atoms with Crippen molar-refractivity contribution in [2.75, 3.05) is 6.54 Å². The summed E-state index contributed by atoms with van der Waals surface area (Å²) in [6.45, 7) is 6.04. The van der Waals surface area contributed by atoms with E-state index in [2.05, 4.69) is 19.2 Å². The van der Waals surface area contributed by atoms with Crippen LogP contribution in [0, 0.1) is 11.3 Å². The van der Waals surface area contributed by atoms with Crippen molar-refractivity contribution in [1.29, 1.82) is 0 Å². The van der Waals surface area contributed by atoms with Crippen LogP contribution in [0.2, 0.25) is 0 Å². The third-order valence-corrected chi connectivity index (χ3v) is 3.11. The number of rotatable bonds is 4. The van der Waals surface area contributed by atoms with Crippen LogP contribution in [-0.4, -0.2) is 18.2 Å². The number of nitrogens with two attached hydrogens (primary N) is 1. The van der Waals surface area contributed by atoms with Gasteiger partial charge >= 0.3 is 0 Å². The third-order valence-electron chi connectivity index (χ3n) is 3.11. The van der Waals surface area contributed by atoms with E-state index in [0.29, 0.717) is 17.9 Å². The molecule has 0 bridgehead atoms. The van der Waals surface area contributed by atoms with Gasteiger partial charge in [-0.15, -0.1) is 0 Å². The standard InChI is InChI=1S/C12H20N2O2/c1-8(2)4-5-12(3)10(15)9(6-13)7-14-11(12)16/h7-8H,4-6,13H2,1-3H3,(H,14,16). The quantitative estimate of drug-likeness (QED) is 0.699. The van der Waals surface area contributed by atoms with Crippen LogP contribution < -0.4 is 11.1 Å². The Morgan fingerprint density at radius 2 is 2.06 bits per heavy atom. The minimum absolute atomic E-state index is 0.126. The summed E-state index contributed by atoms with van der Waals surface area (Å²) in [6, 6.07) is 0. The van der Waals surface area contributed by atoms with Crippen molar-refractivity contribution in [3.8, 4) is 0 Å². The fraction of sp³-hybridized carbons (Fsp3) is 0.667. The van der Waals surface area contributed by atoms with Gasteiger partial charge in [-0.05, 0) is 25.7 Å². The van der Waals surface area contributed by atoms with Crippen LogP contribution in [0.5, 0.6) is 0 Å². The maximum atomic E-state index is 12.1. The van der Waals surface area contributed by atoms with Crippen LogP contribution >= 0.6 is 0 Å². The molecule has 0 aromatic carbocycles. The maximum absolute atomic E-state index is 12.1. The van der Waals surface area contributed by atoms with Crippen molar-refractivity contribution in [1.82, 2.24) is 5.32 Å². The Hall–Kier alpha value is -1.16. The SMILES string of the molecule is CC(C)CCC1(C)C(=O)NC=C(CN)C1=O. The molecule has 90 valence electrons. The van der Waals surface area contributed by atoms with Gasteiger partial charge in [-0.25, -0.2) is 0 Å². The van der Waals surface area contributed by atoms with Crippen molar-refractivity contribution in [3.05, 3.63) is 11.8 Å². The Labute approximate surface area is 96.3 Å². The first-order chi connectivity index (χ1) is 7.41. The largest absolute Gasteiger partial charge is 0.331 e. The van der Waals surface area contributed by atoms with E-state index in [-0.39, 0.29) is 18.2 Å². The molecule has 0 aliphatic carbocycles. The Bertz CT molecular complexity index is 334. The first-order valence-corrected chi connectivity index (χ1v) is 5.66. The Kier molecular flexibility index (Phi) is 3.86. The lowest BCUT2D eigenvalue weighted by atomic mass is 9.74. The normalized spacial score (nSPS) is 25.7. The number of Topliss-reactive ketones (excluding diaryl/α,β-unsaturated/α-hetero) is 1. The molecule has 1 amide bonds. The number of hydrogen-bond donors (Lipinski definition) is 2. The zero-order chi connectivity index (χ0) is 12.3. The average Bonchev–Trinajstić information content (AvgIpc) is 2.24. The van der Waals surface area contributed by atoms with Gasteiger partial charge in [-0.1, -0.05) is 13.8 Å². The molecule has 3 N–H and O–H groups in total. The second kappa shape index (κ2) is 4.78. The third kappa shape index (κ3) is 2.32. The van der Waals surface area contributed by atoms with E-state index in [1.165, 1.54) is 6.20 Å². The molecule has 0 aromatic rings. The van der Waals surface area contributed by atoms with E-state index in [9.17, 15) is 9.59 Å². The predicted molar refractivity (Wildman–Crippen MR) is 62.5 cm³/mol. The van der Waals surface area contributed by atoms with Crippen LogP contribution in [-0.2, 0) is 9.59 Å². The lowest BCUT2D eigenvalue weighted by molar-refractivity contribution is -0.140. The molecule has 1 heterocycles. The number of nitrogens with one attached hydrogen (secondary N) is 1. The highest BCUT2D eigenvalue weighted by Crippen LogP contribution is 2.31. The van der Waals surface area contributed by atoms with Crippen molar-refractivity contribution >= 4 is 11.7 Å². The molecule has 4 heteroatoms. The summed E-state index contributed by atoms with van der Waals surface area (Å²) in [5.74, 6) is 0.138. The van der Waals surface area contributed by atoms with Gasteiger partial charge in [0.1, 0.15) is 5.41 Å². The van der Waals surface area contributed by atoms with Crippen LogP contribution in [0.4, 0.5) is 0 Å². The average molecular weight is 224 g/mol. The van der Waals surface area contributed by atoms with E-state index in [1.54, 1.807) is 6.92 Å². The number of amides is 1. The first kappa shape index (κ1) is 12.9. The zero-order valence-corrected chi connectivity index (χ0v) is 10.2. The number of carbonyl (C=O) groups is 2. The second-order valence-corrected chi connectivity index (χ2v) is 4.94. The van der Waals surface area contributed by atoms with Crippen molar-refractivity contribution in [2.24, 2.45) is 17.1 Å². The maximum Gasteiger partial charge on any atom is 0.237 e. The topological polar surface area (TPSA) is 72.2 Å². The fourth-order valence-electron chi connectivity index (χ4n) is 1.79. The lowest BCUT2D eigenvalue weighted by Crippen LogP contribution is -2.48. The van der Waals surface area contributed by atoms with Crippen LogP contribution in [0.25, 0.3) is 0 Å². The molecule has 1 atom stereocenters. The minimum atomic E-state index is -0.937. The predicted octanol–water partition coefficient (Wildman–Crippen LogP) is 0.970. The summed E-state index contributed by atoms with van der Waals surface area (Å²) < 4.78 is 0. The zero-order valence-electron chi connectivity index (χ0n) is 10.2. The highest BCUT2D eigenvalue weighted by Gasteiger charge is 2.43. The summed E-state index contributed by atoms with van der Waals surface area (Å²) in [6.07, 6.45) is 2.86. The van der Waals surface area contributed by atoms with Crippen LogP contribution in [0.1, 0.15) is 33.6 Å². The molecule has 1 unspecified atom stereocenters. The molecule has 0 saturated heterocycles. The van der Waals surface area contributed by atoms with Gasteiger partial charge < -0.3 is 11.1 Å². The molecule has 1 rings (SSSR count). The molecular formula is C12H20N2O2. The van der Waals surface area contributed by atoms with E-state index in [4.69, 9.17) is 5.73 Å². The molecular weight excluding hydrogens is 204 g/mol. The monoisotopic (exact) mass is 224 g/mol. The molecule has 0 saturated carbocycles. The van der Waals surface area contributed by atoms with Crippen LogP contribution in [0.3, 0.4) is 0 Å². The van der Waals surface area contributed by atoms with Crippen LogP contribution in [0.15, 0.2) is 11.8 Å². The number of carbonyl (C=O) groups excluding carboxylic acids is 2. The van der Waals surface area contributed by atoms with Gasteiger partial charge in [-0.2, -0.15) is 0 Å². The molecule has 16 heavy (non-hydrogen) atoms. The molecule has 0 spiro atoms. The number of ketones is 1. The van der Waals surface area contributed by atoms with Gasteiger partial charge in [0.15, 0.2) is 5.78 Å². The minimum Gasteiger partial charge on any atom is -0.331 e. The van der Waals surface area contributed by atoms with Gasteiger partial charge in [0.25, 0.3) is 0 Å². The number of hydrogen-bond acceptors (Lipinski definition) is 3. The molecule has 1 aliphatic heterocycles. The van der Waals surface area contributed by atoms with Gasteiger partial charge in [0.2, 0.25) is 5.91 Å². The highest BCUT2D eigenvalue weighted by molar-refractivity contribution is 6.15. The van der Waals surface area contributed by atoms with E-state index in [0.717, 1.165) is 6.42 Å². The second-order valence-electron chi connectivity index (χ2n) is 4.94. The molecule has 0 aromatic heterocycles. The van der Waals surface area contributed by atoms with Crippen molar-refractivity contribution < 1.29 is 9.59 Å². The summed E-state index contributed by atoms with van der Waals surface area (Å²) >= 11 is 0. The summed E-state index contributed by atoms with van der Waals surface area (Å²) in [4.78, 5) is 23.9. The summed E-state index contributed by atoms with van der Waals surface area (Å²) in [5, 5.41) is 2.63. The van der Waals surface area contributed by atoms with Gasteiger partial charge in [0, 0.05) is 18.3 Å². The Balaban J connectivity index is 2.88. The summed E-state index contributed by atoms with van der Waals surface area (Å²) in [5.41, 5.74) is 5.04. The summed E-state index contributed by atoms with van der Waals surface area (Å²) in [7, 11) is 0. The lowest BCUT2D eigenvalue weighted by Gasteiger charge is -2.31. The Morgan fingerprint density at radius 3 is 2.56 bits per heavy atom. The van der Waals surface area contributed by atoms with Crippen molar-refractivity contribution in [3.63, 3.8) is 0 Å². The Morgan fingerprint density at radius 1 is 1.44 bits per heavy atom. The van der Waals surface area contributed by atoms with Gasteiger partial charge in [0.05, 0.1) is 0 Å². The van der Waals surface area contributed by atoms with Gasteiger partial charge in [-0.3, -0.25) is 9.59 Å². The first-order valence-electron chi connectivity index (χ1n) is 5.66. The molecule has 0 fully saturated rings. The smallest absolute Gasteiger partial charge is 0.237 e. The highest BCUT2D eigenvalue weighted by atomic mass is 16.2. The van der Waals surface area contributed by atoms with E-state index in [1.807, 2.05) is 0 Å². The van der Waals surface area contributed by atoms with E-state index >= 15 is 0 Å². The van der Waals surface area contributed by atoms with E-state index < -0.39 is 5.41 Å². The molecule has 0 radical (unpaired) electrons. The van der Waals surface area contributed by atoms with Crippen molar-refractivity contribution in [2.45, 2.75) is 33.6 Å². The fourth-order valence-corrected chi connectivity index (χ4v) is 1.79. The molecule has 4 nitrogen and oxygen atoms in total.